The molecule has 0 aliphatic heterocycles. The molecule has 1 aromatic heterocycles. The summed E-state index contributed by atoms with van der Waals surface area (Å²) in [5.74, 6) is 2.57. The van der Waals surface area contributed by atoms with Crippen LogP contribution in [0, 0.1) is 30.1 Å². The number of aliphatic hydroxyl groups excluding tert-OH is 2. The third-order valence-electron chi connectivity index (χ3n) is 11.2. The fourth-order valence-electron chi connectivity index (χ4n) is 8.10. The minimum atomic E-state index is -0.647. The second-order valence-corrected chi connectivity index (χ2v) is 13.9. The number of carbonyl (C=O) groups excluding carboxylic acids is 1. The molecule has 0 saturated heterocycles. The van der Waals surface area contributed by atoms with Gasteiger partial charge in [-0.15, -0.1) is 0 Å². The van der Waals surface area contributed by atoms with E-state index in [-0.39, 0.29) is 28.8 Å². The van der Waals surface area contributed by atoms with Crippen molar-refractivity contribution in [2.45, 2.75) is 135 Å². The summed E-state index contributed by atoms with van der Waals surface area (Å²) in [6.07, 6.45) is 17.6. The SMILES string of the molecule is C=C1/C(=C\C=C2/CCCC3(C)C(CCCC(OC(=O)C(C)CC)C4(c5ncc(C)o5)CC4)CCC23)C[C@@H](O)C[C@@H]1O. The molecule has 5 rings (SSSR count). The molecular formula is C35H51NO5. The Labute approximate surface area is 246 Å². The molecule has 4 fully saturated rings. The highest BCUT2D eigenvalue weighted by atomic mass is 16.5. The smallest absolute Gasteiger partial charge is 0.308 e. The Morgan fingerprint density at radius 2 is 2.05 bits per heavy atom. The molecule has 4 aliphatic carbocycles. The summed E-state index contributed by atoms with van der Waals surface area (Å²) in [7, 11) is 0. The van der Waals surface area contributed by atoms with E-state index in [1.165, 1.54) is 31.3 Å². The van der Waals surface area contributed by atoms with Crippen molar-refractivity contribution in [3.63, 3.8) is 0 Å². The molecule has 1 heterocycles. The number of allylic oxidation sites excluding steroid dienone is 3. The Morgan fingerprint density at radius 1 is 1.27 bits per heavy atom. The van der Waals surface area contributed by atoms with Crippen LogP contribution in [0.15, 0.2) is 46.1 Å². The van der Waals surface area contributed by atoms with E-state index in [1.807, 2.05) is 20.8 Å². The molecule has 5 unspecified atom stereocenters. The Kier molecular flexibility index (Phi) is 9.01. The topological polar surface area (TPSA) is 92.8 Å². The minimum Gasteiger partial charge on any atom is -0.461 e. The quantitative estimate of drug-likeness (QED) is 0.290. The summed E-state index contributed by atoms with van der Waals surface area (Å²) >= 11 is 0. The number of carbonyl (C=O) groups is 1. The van der Waals surface area contributed by atoms with Crippen LogP contribution in [0.2, 0.25) is 0 Å². The van der Waals surface area contributed by atoms with Crippen LogP contribution < -0.4 is 0 Å². The van der Waals surface area contributed by atoms with Crippen LogP contribution in [-0.4, -0.2) is 39.5 Å². The van der Waals surface area contributed by atoms with E-state index in [0.717, 1.165) is 67.7 Å². The first-order valence-corrected chi connectivity index (χ1v) is 16.2. The molecule has 0 spiro atoms. The van der Waals surface area contributed by atoms with Crippen LogP contribution in [-0.2, 0) is 14.9 Å². The number of hydrogen-bond donors (Lipinski definition) is 2. The molecule has 1 aromatic rings. The van der Waals surface area contributed by atoms with Crippen LogP contribution in [0.3, 0.4) is 0 Å². The average Bonchev–Trinajstić information content (AvgIpc) is 3.52. The predicted molar refractivity (Wildman–Crippen MR) is 160 cm³/mol. The third-order valence-corrected chi connectivity index (χ3v) is 11.2. The van der Waals surface area contributed by atoms with Gasteiger partial charge in [0.2, 0.25) is 5.89 Å². The van der Waals surface area contributed by atoms with E-state index < -0.39 is 12.2 Å². The second-order valence-electron chi connectivity index (χ2n) is 13.9. The van der Waals surface area contributed by atoms with Gasteiger partial charge in [0.15, 0.2) is 0 Å². The van der Waals surface area contributed by atoms with E-state index in [4.69, 9.17) is 9.15 Å². The fourth-order valence-corrected chi connectivity index (χ4v) is 8.10. The van der Waals surface area contributed by atoms with Crippen molar-refractivity contribution >= 4 is 5.97 Å². The normalized spacial score (nSPS) is 34.4. The lowest BCUT2D eigenvalue weighted by molar-refractivity contribution is -0.156. The molecule has 4 saturated carbocycles. The maximum absolute atomic E-state index is 12.9. The number of aromatic nitrogens is 1. The second kappa shape index (κ2) is 12.2. The zero-order chi connectivity index (χ0) is 29.4. The Morgan fingerprint density at radius 3 is 2.73 bits per heavy atom. The molecule has 4 aliphatic rings. The number of oxazole rings is 1. The number of ether oxygens (including phenoxy) is 1. The molecule has 0 aromatic carbocycles. The monoisotopic (exact) mass is 565 g/mol. The maximum atomic E-state index is 12.9. The van der Waals surface area contributed by atoms with Crippen molar-refractivity contribution < 1.29 is 24.2 Å². The number of aliphatic hydroxyl groups is 2. The highest BCUT2D eigenvalue weighted by molar-refractivity contribution is 5.72. The molecule has 0 bridgehead atoms. The first-order valence-electron chi connectivity index (χ1n) is 16.2. The van der Waals surface area contributed by atoms with Crippen molar-refractivity contribution in [2.75, 3.05) is 0 Å². The summed E-state index contributed by atoms with van der Waals surface area (Å²) < 4.78 is 12.2. The number of fused-ring (bicyclic) bond motifs is 1. The molecule has 6 nitrogen and oxygen atoms in total. The third kappa shape index (κ3) is 6.15. The Balaban J connectivity index is 1.25. The summed E-state index contributed by atoms with van der Waals surface area (Å²) in [6.45, 7) is 12.5. The molecule has 0 amide bonds. The van der Waals surface area contributed by atoms with E-state index in [0.29, 0.717) is 24.7 Å². The molecule has 41 heavy (non-hydrogen) atoms. The van der Waals surface area contributed by atoms with Gasteiger partial charge in [0.05, 0.1) is 29.7 Å². The lowest BCUT2D eigenvalue weighted by Crippen LogP contribution is -2.35. The highest BCUT2D eigenvalue weighted by Crippen LogP contribution is 2.59. The number of esters is 1. The summed E-state index contributed by atoms with van der Waals surface area (Å²) in [4.78, 5) is 17.5. The standard InChI is InChI=1S/C35H51NO5/c1-6-22(2)32(39)41-31(35(17-18-35)33-36-21-23(3)40-33)11-7-10-27-14-15-29-25(9-8-16-34(27,29)5)12-13-26-19-28(37)20-30(38)24(26)4/h12-13,21-22,27-31,37-38H,4,6-11,14-20H2,1-3,5H3/b25-12+,26-13-/t22?,27?,28-,29?,30+,31?,34?/m1/s1. The maximum Gasteiger partial charge on any atom is 0.308 e. The van der Waals surface area contributed by atoms with Crippen molar-refractivity contribution in [3.05, 3.63) is 53.3 Å². The number of nitrogens with zero attached hydrogens (tertiary/aromatic N) is 1. The average molecular weight is 566 g/mol. The molecule has 6 heteroatoms. The van der Waals surface area contributed by atoms with Gasteiger partial charge in [-0.1, -0.05) is 45.1 Å². The molecular weight excluding hydrogens is 514 g/mol. The van der Waals surface area contributed by atoms with Crippen molar-refractivity contribution in [2.24, 2.45) is 23.2 Å². The van der Waals surface area contributed by atoms with Crippen LogP contribution in [0.25, 0.3) is 0 Å². The first-order chi connectivity index (χ1) is 19.6. The summed E-state index contributed by atoms with van der Waals surface area (Å²) in [5, 5.41) is 20.4. The van der Waals surface area contributed by atoms with Crippen molar-refractivity contribution in [1.29, 1.82) is 0 Å². The predicted octanol–water partition coefficient (Wildman–Crippen LogP) is 7.28. The Hall–Kier alpha value is -2.18. The van der Waals surface area contributed by atoms with Crippen LogP contribution in [0.1, 0.15) is 116 Å². The van der Waals surface area contributed by atoms with E-state index >= 15 is 0 Å². The van der Waals surface area contributed by atoms with Gasteiger partial charge in [-0.2, -0.15) is 0 Å². The lowest BCUT2D eigenvalue weighted by atomic mass is 9.62. The number of aryl methyl sites for hydroxylation is 1. The summed E-state index contributed by atoms with van der Waals surface area (Å²) in [5.41, 5.74) is 3.28. The van der Waals surface area contributed by atoms with Gasteiger partial charge in [-0.05, 0) is 112 Å². The lowest BCUT2D eigenvalue weighted by Gasteiger charge is -2.42. The van der Waals surface area contributed by atoms with Crippen molar-refractivity contribution in [3.8, 4) is 0 Å². The first kappa shape index (κ1) is 30.3. The number of hydrogen-bond acceptors (Lipinski definition) is 6. The molecule has 2 N–H and O–H groups in total. The van der Waals surface area contributed by atoms with Gasteiger partial charge in [-0.3, -0.25) is 4.79 Å². The molecule has 7 atom stereocenters. The Bertz CT molecular complexity index is 1170. The van der Waals surface area contributed by atoms with Gasteiger partial charge >= 0.3 is 5.97 Å². The zero-order valence-corrected chi connectivity index (χ0v) is 25.7. The van der Waals surface area contributed by atoms with Crippen LogP contribution in [0.5, 0.6) is 0 Å². The summed E-state index contributed by atoms with van der Waals surface area (Å²) in [6, 6.07) is 0. The van der Waals surface area contributed by atoms with Crippen LogP contribution in [0.4, 0.5) is 0 Å². The van der Waals surface area contributed by atoms with Gasteiger partial charge in [0, 0.05) is 6.42 Å². The van der Waals surface area contributed by atoms with Gasteiger partial charge < -0.3 is 19.4 Å². The van der Waals surface area contributed by atoms with Gasteiger partial charge in [0.25, 0.3) is 0 Å². The van der Waals surface area contributed by atoms with E-state index in [9.17, 15) is 15.0 Å². The number of rotatable bonds is 10. The minimum absolute atomic E-state index is 0.100. The largest absolute Gasteiger partial charge is 0.461 e. The fraction of sp³-hybridized carbons (Fsp3) is 0.714. The zero-order valence-electron chi connectivity index (χ0n) is 25.7. The highest BCUT2D eigenvalue weighted by Gasteiger charge is 2.57. The van der Waals surface area contributed by atoms with Gasteiger partial charge in [0.1, 0.15) is 11.9 Å². The van der Waals surface area contributed by atoms with Crippen molar-refractivity contribution in [1.82, 2.24) is 4.98 Å². The molecule has 226 valence electrons. The molecule has 0 radical (unpaired) electrons. The van der Waals surface area contributed by atoms with E-state index in [1.54, 1.807) is 6.20 Å². The van der Waals surface area contributed by atoms with E-state index in [2.05, 4.69) is 30.6 Å². The van der Waals surface area contributed by atoms with Crippen LogP contribution >= 0.6 is 0 Å². The van der Waals surface area contributed by atoms with Gasteiger partial charge in [-0.25, -0.2) is 4.98 Å².